The molecule has 0 amide bonds. The number of aliphatic imine (C=N–C) groups is 1. The Morgan fingerprint density at radius 2 is 2.08 bits per heavy atom. The van der Waals surface area contributed by atoms with Gasteiger partial charge in [0.05, 0.1) is 10.5 Å². The van der Waals surface area contributed by atoms with Crippen molar-refractivity contribution in [1.29, 1.82) is 0 Å². The minimum absolute atomic E-state index is 0.172. The van der Waals surface area contributed by atoms with Gasteiger partial charge in [-0.15, -0.1) is 0 Å². The van der Waals surface area contributed by atoms with Crippen molar-refractivity contribution in [3.8, 4) is 0 Å². The summed E-state index contributed by atoms with van der Waals surface area (Å²) >= 11 is 0. The van der Waals surface area contributed by atoms with Gasteiger partial charge >= 0.3 is 0 Å². The Morgan fingerprint density at radius 3 is 2.77 bits per heavy atom. The first kappa shape index (κ1) is 19.0. The van der Waals surface area contributed by atoms with Crippen LogP contribution in [0.4, 0.5) is 5.69 Å². The van der Waals surface area contributed by atoms with Gasteiger partial charge in [-0.3, -0.25) is 4.99 Å². The average molecular weight is 379 g/mol. The van der Waals surface area contributed by atoms with Crippen molar-refractivity contribution >= 4 is 21.5 Å². The highest BCUT2D eigenvalue weighted by Gasteiger charge is 2.40. The molecule has 1 aromatic carbocycles. The molecule has 0 atom stereocenters. The molecule has 2 heterocycles. The molecule has 0 unspecified atom stereocenters. The summed E-state index contributed by atoms with van der Waals surface area (Å²) in [6, 6.07) is 6.63. The van der Waals surface area contributed by atoms with E-state index >= 15 is 0 Å². The van der Waals surface area contributed by atoms with E-state index in [1.54, 1.807) is 20.9 Å². The number of hydrogen-bond acceptors (Lipinski definition) is 4. The molecule has 7 heteroatoms. The number of hydrogen-bond donors (Lipinski definition) is 1. The molecule has 1 N–H and O–H groups in total. The number of benzene rings is 1. The van der Waals surface area contributed by atoms with Crippen molar-refractivity contribution in [2.24, 2.45) is 4.99 Å². The summed E-state index contributed by atoms with van der Waals surface area (Å²) in [5, 5.41) is 3.41. The highest BCUT2D eigenvalue weighted by molar-refractivity contribution is 7.92. The molecule has 1 saturated heterocycles. The molecule has 0 spiro atoms. The Hall–Kier alpha value is -1.76. The van der Waals surface area contributed by atoms with Gasteiger partial charge in [0.1, 0.15) is 0 Å². The van der Waals surface area contributed by atoms with E-state index in [4.69, 9.17) is 0 Å². The van der Waals surface area contributed by atoms with Crippen molar-refractivity contribution < 1.29 is 8.42 Å². The van der Waals surface area contributed by atoms with E-state index < -0.39 is 14.6 Å². The van der Waals surface area contributed by atoms with Crippen molar-refractivity contribution in [2.75, 3.05) is 44.4 Å². The molecular formula is C19H30N4O2S. The molecule has 0 saturated carbocycles. The van der Waals surface area contributed by atoms with Crippen LogP contribution in [0.2, 0.25) is 0 Å². The summed E-state index contributed by atoms with van der Waals surface area (Å²) < 4.78 is 23.7. The Balaban J connectivity index is 1.67. The molecule has 0 aliphatic carbocycles. The summed E-state index contributed by atoms with van der Waals surface area (Å²) in [6.07, 6.45) is 2.32. The van der Waals surface area contributed by atoms with Gasteiger partial charge in [-0.25, -0.2) is 8.42 Å². The second-order valence-corrected chi connectivity index (χ2v) is 10.6. The number of aryl methyl sites for hydroxylation is 1. The van der Waals surface area contributed by atoms with Gasteiger partial charge < -0.3 is 15.1 Å². The van der Waals surface area contributed by atoms with Crippen LogP contribution in [0, 0.1) is 0 Å². The smallest absolute Gasteiger partial charge is 0.193 e. The zero-order chi connectivity index (χ0) is 18.9. The quantitative estimate of drug-likeness (QED) is 0.626. The van der Waals surface area contributed by atoms with Gasteiger partial charge in [-0.05, 0) is 43.9 Å². The molecule has 0 bridgehead atoms. The first-order valence-corrected chi connectivity index (χ1v) is 10.9. The third-order valence-electron chi connectivity index (χ3n) is 5.50. The van der Waals surface area contributed by atoms with Crippen molar-refractivity contribution in [1.82, 2.24) is 10.2 Å². The normalized spacial score (nSPS) is 22.1. The topological polar surface area (TPSA) is 65.0 Å². The lowest BCUT2D eigenvalue weighted by Crippen LogP contribution is -2.57. The first-order valence-electron chi connectivity index (χ1n) is 9.24. The number of nitrogens with one attached hydrogen (secondary N) is 1. The van der Waals surface area contributed by atoms with Crippen molar-refractivity contribution in [3.05, 3.63) is 29.3 Å². The molecule has 2 aliphatic heterocycles. The molecule has 0 aromatic heterocycles. The number of guanidine groups is 1. The van der Waals surface area contributed by atoms with E-state index in [-0.39, 0.29) is 5.75 Å². The van der Waals surface area contributed by atoms with Gasteiger partial charge in [-0.2, -0.15) is 0 Å². The predicted octanol–water partition coefficient (Wildman–Crippen LogP) is 1.65. The highest BCUT2D eigenvalue weighted by Crippen LogP contribution is 2.27. The summed E-state index contributed by atoms with van der Waals surface area (Å²) in [5.41, 5.74) is 3.95. The lowest BCUT2D eigenvalue weighted by molar-refractivity contribution is 0.353. The second kappa shape index (κ2) is 7.10. The van der Waals surface area contributed by atoms with E-state index in [0.29, 0.717) is 19.6 Å². The van der Waals surface area contributed by atoms with E-state index in [2.05, 4.69) is 40.5 Å². The zero-order valence-corrected chi connectivity index (χ0v) is 17.1. The van der Waals surface area contributed by atoms with Gasteiger partial charge in [0, 0.05) is 46.0 Å². The number of sulfone groups is 1. The summed E-state index contributed by atoms with van der Waals surface area (Å²) in [5.74, 6) is 0.939. The monoisotopic (exact) mass is 378 g/mol. The maximum atomic E-state index is 12.2. The lowest BCUT2D eigenvalue weighted by atomic mass is 9.99. The minimum Gasteiger partial charge on any atom is -0.374 e. The first-order chi connectivity index (χ1) is 12.2. The largest absolute Gasteiger partial charge is 0.374 e. The van der Waals surface area contributed by atoms with Crippen LogP contribution in [0.5, 0.6) is 0 Å². The fourth-order valence-corrected chi connectivity index (χ4v) is 5.15. The van der Waals surface area contributed by atoms with Crippen LogP contribution in [0.1, 0.15) is 31.4 Å². The summed E-state index contributed by atoms with van der Waals surface area (Å²) in [7, 11) is 0.846. The number of fused-ring (bicyclic) bond motifs is 1. The molecule has 3 rings (SSSR count). The minimum atomic E-state index is -3.05. The highest BCUT2D eigenvalue weighted by atomic mass is 32.2. The Bertz CT molecular complexity index is 802. The third-order valence-corrected chi connectivity index (χ3v) is 8.03. The van der Waals surface area contributed by atoms with Gasteiger partial charge in [-0.1, -0.05) is 12.1 Å². The molecule has 0 radical (unpaired) electrons. The van der Waals surface area contributed by atoms with E-state index in [1.165, 1.54) is 23.2 Å². The molecule has 1 aromatic rings. The molecule has 2 aliphatic rings. The number of anilines is 1. The SMILES string of the molecule is CN=C(NCc1ccc2c(c1)CCCN2C)N1CCS(=O)(=O)C(C)(C)C1. The van der Waals surface area contributed by atoms with Crippen LogP contribution < -0.4 is 10.2 Å². The van der Waals surface area contributed by atoms with Gasteiger partial charge in [0.25, 0.3) is 0 Å². The van der Waals surface area contributed by atoms with Crippen LogP contribution in [0.15, 0.2) is 23.2 Å². The maximum absolute atomic E-state index is 12.2. The van der Waals surface area contributed by atoms with E-state index in [0.717, 1.165) is 18.9 Å². The predicted molar refractivity (Wildman–Crippen MR) is 108 cm³/mol. The van der Waals surface area contributed by atoms with Gasteiger partial charge in [0.2, 0.25) is 0 Å². The fourth-order valence-electron chi connectivity index (χ4n) is 3.79. The van der Waals surface area contributed by atoms with Crippen LogP contribution in [0.3, 0.4) is 0 Å². The molecule has 6 nitrogen and oxygen atoms in total. The maximum Gasteiger partial charge on any atom is 0.193 e. The Labute approximate surface area is 157 Å². The molecule has 144 valence electrons. The standard InChI is InChI=1S/C19H30N4O2S/c1-19(2)14-23(10-11-26(19,24)25)18(20-3)21-13-15-7-8-17-16(12-15)6-5-9-22(17)4/h7-8,12H,5-6,9-11,13-14H2,1-4H3,(H,20,21). The lowest BCUT2D eigenvalue weighted by Gasteiger charge is -2.39. The van der Waals surface area contributed by atoms with Crippen LogP contribution in [0.25, 0.3) is 0 Å². The second-order valence-electron chi connectivity index (χ2n) is 7.89. The fraction of sp³-hybridized carbons (Fsp3) is 0.632. The van der Waals surface area contributed by atoms with Gasteiger partial charge in [0.15, 0.2) is 15.8 Å². The van der Waals surface area contributed by atoms with Crippen LogP contribution >= 0.6 is 0 Å². The van der Waals surface area contributed by atoms with Crippen LogP contribution in [-0.2, 0) is 22.8 Å². The molecule has 26 heavy (non-hydrogen) atoms. The van der Waals surface area contributed by atoms with Crippen molar-refractivity contribution in [3.63, 3.8) is 0 Å². The summed E-state index contributed by atoms with van der Waals surface area (Å²) in [6.45, 7) is 6.34. The molecule has 1 fully saturated rings. The molecular weight excluding hydrogens is 348 g/mol. The number of rotatable bonds is 2. The van der Waals surface area contributed by atoms with E-state index in [9.17, 15) is 8.42 Å². The van der Waals surface area contributed by atoms with Crippen LogP contribution in [-0.4, -0.2) is 63.5 Å². The average Bonchev–Trinajstić information content (AvgIpc) is 2.58. The Kier molecular flexibility index (Phi) is 5.19. The van der Waals surface area contributed by atoms with Crippen molar-refractivity contribution in [2.45, 2.75) is 38.0 Å². The van der Waals surface area contributed by atoms with E-state index in [1.807, 2.05) is 4.90 Å². The Morgan fingerprint density at radius 1 is 1.31 bits per heavy atom. The zero-order valence-electron chi connectivity index (χ0n) is 16.2. The number of nitrogens with zero attached hydrogens (tertiary/aromatic N) is 3. The summed E-state index contributed by atoms with van der Waals surface area (Å²) in [4.78, 5) is 8.73. The third kappa shape index (κ3) is 3.68.